The SMILES string of the molecule is CC1=C(CCC(=O)CCCCCCCCc2ccccc2)[C@@H]2CC[C@H]3C(C)(C)[C@@H](O[Si](C(C)C)C(C)(C)C)CC[C@]3(C)[C@H]2CC1. The Kier molecular flexibility index (Phi) is 12.9. The molecule has 2 fully saturated rings. The zero-order valence-corrected chi connectivity index (χ0v) is 31.9. The van der Waals surface area contributed by atoms with E-state index in [1.807, 2.05) is 0 Å². The van der Waals surface area contributed by atoms with Crippen molar-refractivity contribution in [3.63, 3.8) is 0 Å². The van der Waals surface area contributed by atoms with Gasteiger partial charge in [-0.15, -0.1) is 0 Å². The molecule has 0 heterocycles. The van der Waals surface area contributed by atoms with E-state index in [4.69, 9.17) is 4.43 Å². The van der Waals surface area contributed by atoms with E-state index in [0.29, 0.717) is 28.8 Å². The molecule has 0 amide bonds. The molecule has 1 aromatic rings. The average Bonchev–Trinajstić information content (AvgIpc) is 2.97. The number of carbonyl (C=O) groups is 1. The van der Waals surface area contributed by atoms with Crippen LogP contribution >= 0.6 is 0 Å². The molecule has 253 valence electrons. The Hall–Kier alpha value is -1.19. The molecule has 3 aliphatic rings. The molecule has 0 aromatic heterocycles. The number of ketones is 1. The van der Waals surface area contributed by atoms with Crippen molar-refractivity contribution in [1.29, 1.82) is 0 Å². The number of hydrogen-bond acceptors (Lipinski definition) is 2. The summed E-state index contributed by atoms with van der Waals surface area (Å²) in [6, 6.07) is 10.8. The highest BCUT2D eigenvalue weighted by molar-refractivity contribution is 6.56. The Morgan fingerprint density at radius 3 is 2.22 bits per heavy atom. The second-order valence-electron chi connectivity index (χ2n) is 17.6. The summed E-state index contributed by atoms with van der Waals surface area (Å²) < 4.78 is 7.20. The van der Waals surface area contributed by atoms with E-state index in [2.05, 4.69) is 92.6 Å². The van der Waals surface area contributed by atoms with Crippen molar-refractivity contribution < 1.29 is 9.22 Å². The lowest BCUT2D eigenvalue weighted by molar-refractivity contribution is -0.144. The van der Waals surface area contributed by atoms with Crippen LogP contribution < -0.4 is 0 Å². The molecule has 45 heavy (non-hydrogen) atoms. The van der Waals surface area contributed by atoms with E-state index in [9.17, 15) is 4.79 Å². The molecule has 1 aromatic carbocycles. The summed E-state index contributed by atoms with van der Waals surface area (Å²) in [5.41, 5.74) is 5.98. The Bertz CT molecular complexity index is 1110. The smallest absolute Gasteiger partial charge is 0.220 e. The van der Waals surface area contributed by atoms with Crippen LogP contribution in [0, 0.1) is 28.6 Å². The molecule has 3 aliphatic carbocycles. The number of hydrogen-bond donors (Lipinski definition) is 0. The third kappa shape index (κ3) is 9.04. The molecule has 1 radical (unpaired) electrons. The van der Waals surface area contributed by atoms with Gasteiger partial charge in [0.2, 0.25) is 9.04 Å². The summed E-state index contributed by atoms with van der Waals surface area (Å²) in [7, 11) is -0.920. The third-order valence-corrected chi connectivity index (χ3v) is 15.7. The zero-order valence-electron chi connectivity index (χ0n) is 30.9. The largest absolute Gasteiger partial charge is 0.412 e. The second kappa shape index (κ2) is 15.8. The van der Waals surface area contributed by atoms with Crippen LogP contribution in [-0.4, -0.2) is 20.9 Å². The lowest BCUT2D eigenvalue weighted by Crippen LogP contribution is -2.58. The Balaban J connectivity index is 1.25. The number of rotatable bonds is 15. The fraction of sp³-hybridized carbons (Fsp3) is 0.786. The van der Waals surface area contributed by atoms with E-state index >= 15 is 0 Å². The minimum absolute atomic E-state index is 0.211. The fourth-order valence-corrected chi connectivity index (χ4v) is 13.4. The number of carbonyl (C=O) groups excluding carboxylic acids is 1. The summed E-state index contributed by atoms with van der Waals surface area (Å²) in [6.07, 6.45) is 19.3. The van der Waals surface area contributed by atoms with Gasteiger partial charge in [0.15, 0.2) is 0 Å². The van der Waals surface area contributed by atoms with E-state index in [-0.39, 0.29) is 10.5 Å². The van der Waals surface area contributed by atoms with Crippen LogP contribution in [0.5, 0.6) is 0 Å². The van der Waals surface area contributed by atoms with Gasteiger partial charge in [0.25, 0.3) is 0 Å². The number of unbranched alkanes of at least 4 members (excludes halogenated alkanes) is 5. The number of benzene rings is 1. The summed E-state index contributed by atoms with van der Waals surface area (Å²) >= 11 is 0. The first-order valence-corrected chi connectivity index (χ1v) is 20.5. The lowest BCUT2D eigenvalue weighted by Gasteiger charge is -2.63. The molecule has 0 unspecified atom stereocenters. The zero-order chi connectivity index (χ0) is 32.8. The van der Waals surface area contributed by atoms with Gasteiger partial charge in [-0.3, -0.25) is 4.79 Å². The van der Waals surface area contributed by atoms with E-state index in [0.717, 1.165) is 37.5 Å². The number of aryl methyl sites for hydroxylation is 1. The molecule has 0 aliphatic heterocycles. The molecule has 2 nitrogen and oxygen atoms in total. The predicted octanol–water partition coefficient (Wildman–Crippen LogP) is 12.5. The van der Waals surface area contributed by atoms with E-state index in [1.165, 1.54) is 82.6 Å². The quantitative estimate of drug-likeness (QED) is 0.109. The summed E-state index contributed by atoms with van der Waals surface area (Å²) in [4.78, 5) is 13.0. The molecule has 4 rings (SSSR count). The van der Waals surface area contributed by atoms with E-state index in [1.54, 1.807) is 11.1 Å². The van der Waals surface area contributed by atoms with Gasteiger partial charge in [-0.2, -0.15) is 0 Å². The van der Waals surface area contributed by atoms with E-state index < -0.39 is 9.04 Å². The minimum atomic E-state index is -0.920. The molecule has 5 atom stereocenters. The Labute approximate surface area is 280 Å². The summed E-state index contributed by atoms with van der Waals surface area (Å²) in [5.74, 6) is 2.69. The standard InChI is InChI=1S/C42H69O2Si/c1-31(2)45(40(4,5)6)44-39-29-30-42(9)37-27-23-32(3)35(36(37)26-28-38(42)41(39,7)8)25-24-34(43)22-18-13-11-10-12-15-19-33-20-16-14-17-21-33/h14,16-17,20-21,31,36-39H,10-13,15,18-19,22-30H2,1-9H3/t36-,37-,38-,39-,42+/m0/s1. The lowest BCUT2D eigenvalue weighted by atomic mass is 9.43. The van der Waals surface area contributed by atoms with Crippen molar-refractivity contribution in [2.45, 2.75) is 182 Å². The average molecular weight is 634 g/mol. The van der Waals surface area contributed by atoms with Crippen molar-refractivity contribution in [3.8, 4) is 0 Å². The summed E-state index contributed by atoms with van der Waals surface area (Å²) in [6.45, 7) is 22.1. The van der Waals surface area contributed by atoms with Crippen molar-refractivity contribution in [2.24, 2.45) is 28.6 Å². The first-order chi connectivity index (χ1) is 21.2. The topological polar surface area (TPSA) is 26.3 Å². The van der Waals surface area contributed by atoms with Crippen LogP contribution in [0.25, 0.3) is 0 Å². The number of allylic oxidation sites excluding steroid dienone is 2. The first kappa shape index (κ1) is 36.6. The maximum atomic E-state index is 13.0. The van der Waals surface area contributed by atoms with Crippen LogP contribution in [0.4, 0.5) is 0 Å². The number of Topliss-reactive ketones (excluding diaryl/α,β-unsaturated/α-hetero) is 1. The van der Waals surface area contributed by atoms with Crippen LogP contribution in [0.1, 0.15) is 164 Å². The fourth-order valence-electron chi connectivity index (χ4n) is 10.4. The van der Waals surface area contributed by atoms with Crippen LogP contribution in [0.15, 0.2) is 41.5 Å². The first-order valence-electron chi connectivity index (χ1n) is 19.0. The normalized spacial score (nSPS) is 28.3. The maximum absolute atomic E-state index is 13.0. The highest BCUT2D eigenvalue weighted by atomic mass is 28.3. The van der Waals surface area contributed by atoms with Crippen molar-refractivity contribution in [2.75, 3.05) is 0 Å². The molecular weight excluding hydrogens is 565 g/mol. The van der Waals surface area contributed by atoms with Gasteiger partial charge in [-0.05, 0) is 116 Å². The van der Waals surface area contributed by atoms with Gasteiger partial charge in [-0.25, -0.2) is 0 Å². The van der Waals surface area contributed by atoms with Gasteiger partial charge in [0, 0.05) is 12.8 Å². The molecule has 2 saturated carbocycles. The maximum Gasteiger partial charge on any atom is 0.220 e. The second-order valence-corrected chi connectivity index (χ2v) is 21.2. The summed E-state index contributed by atoms with van der Waals surface area (Å²) in [5, 5.41) is 0.258. The molecular formula is C42H69O2Si. The number of fused-ring (bicyclic) bond motifs is 3. The van der Waals surface area contributed by atoms with Gasteiger partial charge in [-0.1, -0.05) is 123 Å². The third-order valence-electron chi connectivity index (χ3n) is 12.6. The Morgan fingerprint density at radius 2 is 1.56 bits per heavy atom. The van der Waals surface area contributed by atoms with Gasteiger partial charge in [0.1, 0.15) is 5.78 Å². The van der Waals surface area contributed by atoms with Gasteiger partial charge >= 0.3 is 0 Å². The Morgan fingerprint density at radius 1 is 0.889 bits per heavy atom. The van der Waals surface area contributed by atoms with Crippen molar-refractivity contribution >= 4 is 14.8 Å². The molecule has 0 saturated heterocycles. The van der Waals surface area contributed by atoms with Gasteiger partial charge in [0.05, 0.1) is 6.10 Å². The molecule has 0 spiro atoms. The molecule has 0 N–H and O–H groups in total. The van der Waals surface area contributed by atoms with Crippen LogP contribution in [0.2, 0.25) is 10.6 Å². The minimum Gasteiger partial charge on any atom is -0.412 e. The highest BCUT2D eigenvalue weighted by Crippen LogP contribution is 2.65. The van der Waals surface area contributed by atoms with Crippen LogP contribution in [0.3, 0.4) is 0 Å². The van der Waals surface area contributed by atoms with Crippen molar-refractivity contribution in [3.05, 3.63) is 47.0 Å². The molecule has 0 bridgehead atoms. The van der Waals surface area contributed by atoms with Crippen molar-refractivity contribution in [1.82, 2.24) is 0 Å². The van der Waals surface area contributed by atoms with Crippen LogP contribution in [-0.2, 0) is 15.6 Å². The monoisotopic (exact) mass is 634 g/mol. The van der Waals surface area contributed by atoms with Gasteiger partial charge < -0.3 is 4.43 Å². The predicted molar refractivity (Wildman–Crippen MR) is 195 cm³/mol. The highest BCUT2D eigenvalue weighted by Gasteiger charge is 2.59. The molecule has 3 heteroatoms.